The topological polar surface area (TPSA) is 48.0 Å². The fraction of sp³-hybridized carbons (Fsp3) is 0.941. The van der Waals surface area contributed by atoms with Gasteiger partial charge < -0.3 is 19.1 Å². The van der Waals surface area contributed by atoms with Gasteiger partial charge in [-0.25, -0.2) is 0 Å². The van der Waals surface area contributed by atoms with Gasteiger partial charge in [0.25, 0.3) is 0 Å². The van der Waals surface area contributed by atoms with Gasteiger partial charge in [-0.15, -0.1) is 0 Å². The first kappa shape index (κ1) is 16.2. The molecule has 126 valence electrons. The van der Waals surface area contributed by atoms with Crippen LogP contribution >= 0.6 is 0 Å². The number of nitrogens with zero attached hydrogens (tertiary/aromatic N) is 1. The first-order valence-corrected chi connectivity index (χ1v) is 8.73. The fourth-order valence-corrected chi connectivity index (χ4v) is 4.04. The molecule has 2 saturated heterocycles. The van der Waals surface area contributed by atoms with Gasteiger partial charge in [-0.2, -0.15) is 0 Å². The molecule has 0 N–H and O–H groups in total. The first-order valence-electron chi connectivity index (χ1n) is 8.73. The Morgan fingerprint density at radius 3 is 2.95 bits per heavy atom. The summed E-state index contributed by atoms with van der Waals surface area (Å²) in [6, 6.07) is 0. The number of hydrogen-bond donors (Lipinski definition) is 0. The Bertz CT molecular complexity index is 394. The van der Waals surface area contributed by atoms with E-state index in [1.165, 1.54) is 6.42 Å². The molecule has 3 rings (SSSR count). The van der Waals surface area contributed by atoms with Crippen molar-refractivity contribution in [2.75, 3.05) is 39.5 Å². The summed E-state index contributed by atoms with van der Waals surface area (Å²) < 4.78 is 17.4. The van der Waals surface area contributed by atoms with E-state index >= 15 is 0 Å². The fourth-order valence-electron chi connectivity index (χ4n) is 4.04. The molecule has 1 unspecified atom stereocenters. The molecule has 0 aromatic rings. The van der Waals surface area contributed by atoms with Crippen LogP contribution < -0.4 is 0 Å². The van der Waals surface area contributed by atoms with Crippen LogP contribution in [0.2, 0.25) is 0 Å². The van der Waals surface area contributed by atoms with Crippen molar-refractivity contribution < 1.29 is 19.0 Å². The third kappa shape index (κ3) is 3.31. The van der Waals surface area contributed by atoms with Gasteiger partial charge in [0.2, 0.25) is 5.91 Å². The lowest BCUT2D eigenvalue weighted by atomic mass is 9.88. The molecule has 0 radical (unpaired) electrons. The summed E-state index contributed by atoms with van der Waals surface area (Å²) in [5, 5.41) is 0. The van der Waals surface area contributed by atoms with Crippen molar-refractivity contribution in [1.82, 2.24) is 4.90 Å². The SMILES string of the molecule is CC(C)OC[C@H]1CCC[C@]12CN(C(=O)C1CCOC1)CCO2. The number of rotatable bonds is 4. The summed E-state index contributed by atoms with van der Waals surface area (Å²) in [6.45, 7) is 8.28. The minimum Gasteiger partial charge on any atom is -0.381 e. The van der Waals surface area contributed by atoms with Gasteiger partial charge in [0.05, 0.1) is 44.0 Å². The predicted octanol–water partition coefficient (Wildman–Crippen LogP) is 1.85. The molecule has 0 bridgehead atoms. The number of carbonyl (C=O) groups is 1. The Kier molecular flexibility index (Phi) is 5.05. The van der Waals surface area contributed by atoms with Gasteiger partial charge in [-0.05, 0) is 33.1 Å². The monoisotopic (exact) mass is 311 g/mol. The molecule has 2 heterocycles. The highest BCUT2D eigenvalue weighted by atomic mass is 16.5. The van der Waals surface area contributed by atoms with Gasteiger partial charge >= 0.3 is 0 Å². The average molecular weight is 311 g/mol. The smallest absolute Gasteiger partial charge is 0.228 e. The van der Waals surface area contributed by atoms with Gasteiger partial charge in [0.15, 0.2) is 0 Å². The molecule has 0 aromatic carbocycles. The van der Waals surface area contributed by atoms with E-state index < -0.39 is 0 Å². The highest BCUT2D eigenvalue weighted by Gasteiger charge is 2.48. The van der Waals surface area contributed by atoms with Crippen molar-refractivity contribution in [3.63, 3.8) is 0 Å². The molecule has 1 amide bonds. The van der Waals surface area contributed by atoms with E-state index in [0.29, 0.717) is 19.1 Å². The van der Waals surface area contributed by atoms with Crippen molar-refractivity contribution in [3.05, 3.63) is 0 Å². The lowest BCUT2D eigenvalue weighted by molar-refractivity contribution is -0.166. The lowest BCUT2D eigenvalue weighted by Crippen LogP contribution is -2.57. The minimum atomic E-state index is -0.178. The largest absolute Gasteiger partial charge is 0.381 e. The van der Waals surface area contributed by atoms with E-state index in [-0.39, 0.29) is 23.5 Å². The average Bonchev–Trinajstić information content (AvgIpc) is 3.15. The zero-order chi connectivity index (χ0) is 15.6. The third-order valence-electron chi connectivity index (χ3n) is 5.33. The number of carbonyl (C=O) groups excluding carboxylic acids is 1. The number of amides is 1. The Morgan fingerprint density at radius 1 is 1.36 bits per heavy atom. The molecule has 1 saturated carbocycles. The normalized spacial score (nSPS) is 35.7. The molecule has 22 heavy (non-hydrogen) atoms. The minimum absolute atomic E-state index is 0.0573. The maximum absolute atomic E-state index is 12.7. The van der Waals surface area contributed by atoms with Crippen LogP contribution in [0, 0.1) is 11.8 Å². The van der Waals surface area contributed by atoms with E-state index in [1.807, 2.05) is 4.90 Å². The number of ether oxygens (including phenoxy) is 3. The second-order valence-corrected chi connectivity index (χ2v) is 7.20. The van der Waals surface area contributed by atoms with E-state index in [4.69, 9.17) is 14.2 Å². The van der Waals surface area contributed by atoms with Gasteiger partial charge in [0, 0.05) is 19.1 Å². The molecular weight excluding hydrogens is 282 g/mol. The van der Waals surface area contributed by atoms with Gasteiger partial charge in [-0.3, -0.25) is 4.79 Å². The van der Waals surface area contributed by atoms with Gasteiger partial charge in [-0.1, -0.05) is 6.42 Å². The van der Waals surface area contributed by atoms with Crippen molar-refractivity contribution in [3.8, 4) is 0 Å². The van der Waals surface area contributed by atoms with Crippen LogP contribution in [0.4, 0.5) is 0 Å². The van der Waals surface area contributed by atoms with Crippen LogP contribution in [0.5, 0.6) is 0 Å². The molecule has 5 heteroatoms. The molecule has 0 aromatic heterocycles. The molecule has 3 fully saturated rings. The molecule has 5 nitrogen and oxygen atoms in total. The summed E-state index contributed by atoms with van der Waals surface area (Å²) in [4.78, 5) is 14.7. The summed E-state index contributed by atoms with van der Waals surface area (Å²) in [5.74, 6) is 0.725. The van der Waals surface area contributed by atoms with Gasteiger partial charge in [0.1, 0.15) is 0 Å². The zero-order valence-electron chi connectivity index (χ0n) is 13.9. The number of hydrogen-bond acceptors (Lipinski definition) is 4. The maximum Gasteiger partial charge on any atom is 0.228 e. The first-order chi connectivity index (χ1) is 10.6. The molecule has 1 aliphatic carbocycles. The standard InChI is InChI=1S/C17H29NO4/c1-13(2)21-11-15-4-3-6-17(15)12-18(7-9-22-17)16(19)14-5-8-20-10-14/h13-15H,3-12H2,1-2H3/t14?,15-,17+/m1/s1. The highest BCUT2D eigenvalue weighted by molar-refractivity contribution is 5.79. The van der Waals surface area contributed by atoms with E-state index in [2.05, 4.69) is 13.8 Å². The van der Waals surface area contributed by atoms with Crippen LogP contribution in [0.25, 0.3) is 0 Å². The summed E-state index contributed by atoms with van der Waals surface area (Å²) in [6.07, 6.45) is 4.46. The van der Waals surface area contributed by atoms with Crippen LogP contribution in [0.15, 0.2) is 0 Å². The van der Waals surface area contributed by atoms with Crippen LogP contribution in [0.1, 0.15) is 39.5 Å². The third-order valence-corrected chi connectivity index (χ3v) is 5.33. The summed E-state index contributed by atoms with van der Waals surface area (Å²) >= 11 is 0. The summed E-state index contributed by atoms with van der Waals surface area (Å²) in [5.41, 5.74) is -0.178. The second-order valence-electron chi connectivity index (χ2n) is 7.20. The molecule has 3 atom stereocenters. The van der Waals surface area contributed by atoms with Crippen LogP contribution in [0.3, 0.4) is 0 Å². The Hall–Kier alpha value is -0.650. The quantitative estimate of drug-likeness (QED) is 0.795. The predicted molar refractivity (Wildman–Crippen MR) is 82.6 cm³/mol. The number of morpholine rings is 1. The van der Waals surface area contributed by atoms with E-state index in [0.717, 1.165) is 45.6 Å². The molecular formula is C17H29NO4. The highest BCUT2D eigenvalue weighted by Crippen LogP contribution is 2.41. The van der Waals surface area contributed by atoms with Crippen LogP contribution in [-0.2, 0) is 19.0 Å². The van der Waals surface area contributed by atoms with E-state index in [1.54, 1.807) is 0 Å². The Morgan fingerprint density at radius 2 is 2.23 bits per heavy atom. The van der Waals surface area contributed by atoms with Crippen LogP contribution in [-0.4, -0.2) is 62.0 Å². The molecule has 1 spiro atoms. The second kappa shape index (κ2) is 6.85. The van der Waals surface area contributed by atoms with Crippen molar-refractivity contribution in [2.45, 2.75) is 51.2 Å². The summed E-state index contributed by atoms with van der Waals surface area (Å²) in [7, 11) is 0. The molecule has 2 aliphatic heterocycles. The Labute approximate surface area is 133 Å². The van der Waals surface area contributed by atoms with Crippen molar-refractivity contribution in [1.29, 1.82) is 0 Å². The lowest BCUT2D eigenvalue weighted by Gasteiger charge is -2.44. The maximum atomic E-state index is 12.7. The van der Waals surface area contributed by atoms with E-state index in [9.17, 15) is 4.79 Å². The Balaban J connectivity index is 1.64. The van der Waals surface area contributed by atoms with Crippen molar-refractivity contribution in [2.24, 2.45) is 11.8 Å². The van der Waals surface area contributed by atoms with Crippen molar-refractivity contribution >= 4 is 5.91 Å². The molecule has 3 aliphatic rings. The zero-order valence-corrected chi connectivity index (χ0v) is 13.9.